The van der Waals surface area contributed by atoms with Gasteiger partial charge in [-0.3, -0.25) is 4.79 Å². The second-order valence-corrected chi connectivity index (χ2v) is 6.58. The fourth-order valence-corrected chi connectivity index (χ4v) is 3.43. The van der Waals surface area contributed by atoms with Gasteiger partial charge in [0.25, 0.3) is 0 Å². The molecule has 6 heteroatoms. The van der Waals surface area contributed by atoms with E-state index in [4.69, 9.17) is 0 Å². The summed E-state index contributed by atoms with van der Waals surface area (Å²) < 4.78 is 0. The molecule has 2 rings (SSSR count). The van der Waals surface area contributed by atoms with Crippen LogP contribution >= 0.6 is 24.0 Å². The zero-order chi connectivity index (χ0) is 15.6. The van der Waals surface area contributed by atoms with Gasteiger partial charge >= 0.3 is 0 Å². The first-order chi connectivity index (χ1) is 10.8. The summed E-state index contributed by atoms with van der Waals surface area (Å²) >= 11 is 0. The molecule has 0 spiro atoms. The molecule has 0 atom stereocenters. The largest absolute Gasteiger partial charge is 0.357 e. The van der Waals surface area contributed by atoms with Crippen molar-refractivity contribution in [3.63, 3.8) is 0 Å². The summed E-state index contributed by atoms with van der Waals surface area (Å²) in [6.07, 6.45) is 12.4. The Morgan fingerprint density at radius 1 is 0.913 bits per heavy atom. The normalized spacial score (nSPS) is 20.5. The number of amides is 1. The highest BCUT2D eigenvalue weighted by Gasteiger charge is 2.16. The minimum Gasteiger partial charge on any atom is -0.357 e. The maximum absolute atomic E-state index is 12.0. The molecule has 0 aromatic rings. The van der Waals surface area contributed by atoms with Crippen LogP contribution in [-0.2, 0) is 4.79 Å². The van der Waals surface area contributed by atoms with Crippen LogP contribution in [0.5, 0.6) is 0 Å². The first-order valence-corrected chi connectivity index (χ1v) is 9.12. The van der Waals surface area contributed by atoms with E-state index in [1.165, 1.54) is 51.4 Å². The quantitative estimate of drug-likeness (QED) is 0.353. The zero-order valence-corrected chi connectivity index (χ0v) is 16.7. The summed E-state index contributed by atoms with van der Waals surface area (Å²) in [5.41, 5.74) is 0. The highest BCUT2D eigenvalue weighted by atomic mass is 127. The number of nitrogens with zero attached hydrogens (tertiary/aromatic N) is 1. The second-order valence-electron chi connectivity index (χ2n) is 6.58. The van der Waals surface area contributed by atoms with Gasteiger partial charge < -0.3 is 16.0 Å². The van der Waals surface area contributed by atoms with E-state index in [1.807, 2.05) is 0 Å². The number of halogens is 1. The van der Waals surface area contributed by atoms with E-state index in [-0.39, 0.29) is 36.4 Å². The molecule has 3 N–H and O–H groups in total. The van der Waals surface area contributed by atoms with Crippen LogP contribution in [0.4, 0.5) is 0 Å². The van der Waals surface area contributed by atoms with Crippen molar-refractivity contribution in [1.82, 2.24) is 16.0 Å². The Hall–Kier alpha value is -0.530. The van der Waals surface area contributed by atoms with E-state index in [9.17, 15) is 4.79 Å². The minimum absolute atomic E-state index is 0. The average molecular weight is 436 g/mol. The van der Waals surface area contributed by atoms with Gasteiger partial charge in [-0.05, 0) is 32.6 Å². The van der Waals surface area contributed by atoms with Gasteiger partial charge in [0.05, 0.1) is 0 Å². The number of aliphatic imine (C=N–C) groups is 1. The van der Waals surface area contributed by atoms with Crippen LogP contribution < -0.4 is 16.0 Å². The first kappa shape index (κ1) is 20.5. The molecule has 0 aromatic carbocycles. The minimum atomic E-state index is 0. The molecule has 0 saturated heterocycles. The van der Waals surface area contributed by atoms with Crippen molar-refractivity contribution in [3.8, 4) is 0 Å². The summed E-state index contributed by atoms with van der Waals surface area (Å²) in [6.45, 7) is 3.10. The topological polar surface area (TPSA) is 65.5 Å². The first-order valence-electron chi connectivity index (χ1n) is 9.12. The van der Waals surface area contributed by atoms with Crippen molar-refractivity contribution in [1.29, 1.82) is 0 Å². The van der Waals surface area contributed by atoms with E-state index in [0.29, 0.717) is 12.1 Å². The van der Waals surface area contributed by atoms with E-state index in [1.54, 1.807) is 0 Å². The van der Waals surface area contributed by atoms with Gasteiger partial charge in [0.2, 0.25) is 5.91 Å². The van der Waals surface area contributed by atoms with Crippen LogP contribution in [0, 0.1) is 0 Å². The van der Waals surface area contributed by atoms with Crippen molar-refractivity contribution < 1.29 is 4.79 Å². The van der Waals surface area contributed by atoms with Gasteiger partial charge in [-0.1, -0.05) is 38.5 Å². The van der Waals surface area contributed by atoms with Crippen LogP contribution in [0.1, 0.15) is 71.1 Å². The lowest BCUT2D eigenvalue weighted by atomic mass is 9.95. The number of nitrogens with one attached hydrogen (secondary N) is 3. The van der Waals surface area contributed by atoms with Crippen molar-refractivity contribution in [2.24, 2.45) is 4.99 Å². The maximum atomic E-state index is 12.0. The standard InChI is InChI=1S/C17H32N4O.HI/c1-2-18-17(21-15-11-7-4-8-12-15)19-13-16(22)20-14-9-5-3-6-10-14;/h14-15H,2-13H2,1H3,(H,20,22)(H2,18,19,21);1H. The molecule has 0 aromatic heterocycles. The number of hydrogen-bond donors (Lipinski definition) is 3. The van der Waals surface area contributed by atoms with Crippen LogP contribution in [0.15, 0.2) is 4.99 Å². The number of guanidine groups is 1. The van der Waals surface area contributed by atoms with Gasteiger partial charge in [-0.2, -0.15) is 0 Å². The summed E-state index contributed by atoms with van der Waals surface area (Å²) in [4.78, 5) is 16.5. The highest BCUT2D eigenvalue weighted by Crippen LogP contribution is 2.18. The van der Waals surface area contributed by atoms with Crippen LogP contribution in [0.25, 0.3) is 0 Å². The molecule has 23 heavy (non-hydrogen) atoms. The summed E-state index contributed by atoms with van der Waals surface area (Å²) in [5, 5.41) is 9.84. The number of carbonyl (C=O) groups is 1. The molecule has 2 aliphatic carbocycles. The third kappa shape index (κ3) is 8.22. The molecule has 2 aliphatic rings. The smallest absolute Gasteiger partial charge is 0.242 e. The fourth-order valence-electron chi connectivity index (χ4n) is 3.43. The number of hydrogen-bond acceptors (Lipinski definition) is 2. The summed E-state index contributed by atoms with van der Waals surface area (Å²) in [5.74, 6) is 0.834. The molecule has 0 bridgehead atoms. The van der Waals surface area contributed by atoms with Gasteiger partial charge in [0.1, 0.15) is 6.54 Å². The van der Waals surface area contributed by atoms with E-state index >= 15 is 0 Å². The molecule has 0 heterocycles. The maximum Gasteiger partial charge on any atom is 0.242 e. The van der Waals surface area contributed by atoms with E-state index in [0.717, 1.165) is 25.3 Å². The zero-order valence-electron chi connectivity index (χ0n) is 14.4. The van der Waals surface area contributed by atoms with Crippen LogP contribution in [0.3, 0.4) is 0 Å². The lowest BCUT2D eigenvalue weighted by Crippen LogP contribution is -2.45. The Balaban J connectivity index is 0.00000264. The Morgan fingerprint density at radius 2 is 1.43 bits per heavy atom. The highest BCUT2D eigenvalue weighted by molar-refractivity contribution is 14.0. The predicted molar refractivity (Wildman–Crippen MR) is 106 cm³/mol. The molecule has 0 aliphatic heterocycles. The summed E-state index contributed by atoms with van der Waals surface area (Å²) in [6, 6.07) is 0.873. The molecule has 134 valence electrons. The van der Waals surface area contributed by atoms with Gasteiger partial charge in [0, 0.05) is 18.6 Å². The third-order valence-electron chi connectivity index (χ3n) is 4.64. The summed E-state index contributed by atoms with van der Waals surface area (Å²) in [7, 11) is 0. The molecule has 5 nitrogen and oxygen atoms in total. The number of rotatable bonds is 5. The average Bonchev–Trinajstić information content (AvgIpc) is 2.55. The Labute approximate surface area is 157 Å². The van der Waals surface area contributed by atoms with Gasteiger partial charge in [0.15, 0.2) is 5.96 Å². The van der Waals surface area contributed by atoms with E-state index < -0.39 is 0 Å². The van der Waals surface area contributed by atoms with Crippen molar-refractivity contribution in [2.75, 3.05) is 13.1 Å². The Kier molecular flexibility index (Phi) is 10.6. The number of carbonyl (C=O) groups excluding carboxylic acids is 1. The molecule has 0 radical (unpaired) electrons. The molecule has 0 unspecified atom stereocenters. The lowest BCUT2D eigenvalue weighted by Gasteiger charge is -2.25. The van der Waals surface area contributed by atoms with Crippen LogP contribution in [0.2, 0.25) is 0 Å². The fraction of sp³-hybridized carbons (Fsp3) is 0.882. The monoisotopic (exact) mass is 436 g/mol. The van der Waals surface area contributed by atoms with Gasteiger partial charge in [-0.25, -0.2) is 4.99 Å². The second kappa shape index (κ2) is 11.9. The van der Waals surface area contributed by atoms with E-state index in [2.05, 4.69) is 27.9 Å². The predicted octanol–water partition coefficient (Wildman–Crippen LogP) is 2.94. The van der Waals surface area contributed by atoms with Gasteiger partial charge in [-0.15, -0.1) is 24.0 Å². The molecule has 2 fully saturated rings. The lowest BCUT2D eigenvalue weighted by molar-refractivity contribution is -0.120. The molecule has 1 amide bonds. The van der Waals surface area contributed by atoms with Crippen molar-refractivity contribution >= 4 is 35.8 Å². The van der Waals surface area contributed by atoms with Crippen LogP contribution in [-0.4, -0.2) is 37.0 Å². The third-order valence-corrected chi connectivity index (χ3v) is 4.64. The molecular formula is C17H33IN4O. The van der Waals surface area contributed by atoms with Crippen molar-refractivity contribution in [2.45, 2.75) is 83.2 Å². The Morgan fingerprint density at radius 3 is 1.96 bits per heavy atom. The molecular weight excluding hydrogens is 403 g/mol. The van der Waals surface area contributed by atoms with Crippen molar-refractivity contribution in [3.05, 3.63) is 0 Å². The molecule has 2 saturated carbocycles. The SMILES string of the molecule is CCNC(=NCC(=O)NC1CCCCC1)NC1CCCCC1.I. The Bertz CT molecular complexity index is 364.